The van der Waals surface area contributed by atoms with Gasteiger partial charge in [0, 0.05) is 35.6 Å². The summed E-state index contributed by atoms with van der Waals surface area (Å²) < 4.78 is 1.53. The normalized spacial score (nSPS) is 14.3. The highest BCUT2D eigenvalue weighted by molar-refractivity contribution is 7.99. The van der Waals surface area contributed by atoms with Gasteiger partial charge in [0.1, 0.15) is 0 Å². The minimum Gasteiger partial charge on any atom is -0.337 e. The molecule has 138 valence electrons. The van der Waals surface area contributed by atoms with Crippen LogP contribution in [0.4, 0.5) is 10.5 Å². The Morgan fingerprint density at radius 2 is 2.12 bits per heavy atom. The molecule has 2 N–H and O–H groups in total. The van der Waals surface area contributed by atoms with Gasteiger partial charge in [0.05, 0.1) is 6.54 Å². The molecule has 2 amide bonds. The summed E-state index contributed by atoms with van der Waals surface area (Å²) in [5.74, 6) is 0.946. The molecule has 0 saturated heterocycles. The van der Waals surface area contributed by atoms with Crippen LogP contribution >= 0.6 is 11.8 Å². The lowest BCUT2D eigenvalue weighted by molar-refractivity contribution is 0.252. The van der Waals surface area contributed by atoms with E-state index in [4.69, 9.17) is 0 Å². The third kappa shape index (κ3) is 5.62. The van der Waals surface area contributed by atoms with Crippen molar-refractivity contribution in [3.8, 4) is 0 Å². The second-order valence-corrected chi connectivity index (χ2v) is 7.80. The number of hydrogen-bond donors (Lipinski definition) is 2. The molecule has 0 unspecified atom stereocenters. The van der Waals surface area contributed by atoms with Gasteiger partial charge in [-0.3, -0.25) is 4.57 Å². The van der Waals surface area contributed by atoms with Crippen LogP contribution in [0, 0.1) is 0 Å². The van der Waals surface area contributed by atoms with Crippen LogP contribution in [0.3, 0.4) is 0 Å². The fraction of sp³-hybridized carbons (Fsp3) is 0.421. The van der Waals surface area contributed by atoms with E-state index in [2.05, 4.69) is 15.6 Å². The highest BCUT2D eigenvalue weighted by atomic mass is 32.2. The molecular formula is C19H24N4O2S. The summed E-state index contributed by atoms with van der Waals surface area (Å²) in [4.78, 5) is 27.5. The lowest BCUT2D eigenvalue weighted by atomic mass is 10.2. The highest BCUT2D eigenvalue weighted by Crippen LogP contribution is 2.28. The minimum absolute atomic E-state index is 0.201. The van der Waals surface area contributed by atoms with E-state index in [-0.39, 0.29) is 11.7 Å². The summed E-state index contributed by atoms with van der Waals surface area (Å²) in [5.41, 5.74) is 1.35. The zero-order chi connectivity index (χ0) is 18.2. The van der Waals surface area contributed by atoms with Gasteiger partial charge >= 0.3 is 11.7 Å². The zero-order valence-electron chi connectivity index (χ0n) is 14.7. The van der Waals surface area contributed by atoms with Crippen molar-refractivity contribution >= 4 is 23.5 Å². The van der Waals surface area contributed by atoms with Crippen molar-refractivity contribution in [3.05, 3.63) is 58.8 Å². The molecule has 1 aliphatic rings. The van der Waals surface area contributed by atoms with Gasteiger partial charge in [-0.2, -0.15) is 11.8 Å². The predicted molar refractivity (Wildman–Crippen MR) is 106 cm³/mol. The smallest absolute Gasteiger partial charge is 0.337 e. The second kappa shape index (κ2) is 9.43. The first-order valence-electron chi connectivity index (χ1n) is 8.97. The number of thioether (sulfide) groups is 1. The Hall–Kier alpha value is -2.28. The standard InChI is InChI=1S/C19H24N4O2S/c24-18(20-10-12-26-17-7-1-2-8-17)22-16-6-3-5-15(13-16)14-23-11-4-9-21-19(23)25/h3-6,9,11,13,17H,1-2,7-8,10,12,14H2,(H2,20,22,24). The van der Waals surface area contributed by atoms with Gasteiger partial charge in [-0.05, 0) is 36.6 Å². The SMILES string of the molecule is O=C(NCCSC1CCCC1)Nc1cccc(Cn2cccnc2=O)c1. The van der Waals surface area contributed by atoms with Gasteiger partial charge in [-0.1, -0.05) is 25.0 Å². The van der Waals surface area contributed by atoms with Crippen LogP contribution in [0.2, 0.25) is 0 Å². The van der Waals surface area contributed by atoms with E-state index in [0.717, 1.165) is 16.6 Å². The first-order valence-corrected chi connectivity index (χ1v) is 10.0. The van der Waals surface area contributed by atoms with E-state index in [0.29, 0.717) is 18.8 Å². The van der Waals surface area contributed by atoms with Gasteiger partial charge in [-0.25, -0.2) is 14.6 Å². The molecule has 26 heavy (non-hydrogen) atoms. The number of rotatable bonds is 7. The Kier molecular flexibility index (Phi) is 6.71. The molecule has 0 radical (unpaired) electrons. The summed E-state index contributed by atoms with van der Waals surface area (Å²) in [5, 5.41) is 6.52. The van der Waals surface area contributed by atoms with E-state index in [1.54, 1.807) is 12.3 Å². The molecule has 0 atom stereocenters. The lowest BCUT2D eigenvalue weighted by Crippen LogP contribution is -2.30. The average molecular weight is 372 g/mol. The maximum atomic E-state index is 12.0. The molecule has 7 heteroatoms. The Labute approximate surface area is 157 Å². The number of hydrogen-bond acceptors (Lipinski definition) is 4. The van der Waals surface area contributed by atoms with Crippen molar-refractivity contribution in [1.29, 1.82) is 0 Å². The Bertz CT molecular complexity index is 787. The first kappa shape index (κ1) is 18.5. The van der Waals surface area contributed by atoms with Crippen molar-refractivity contribution in [1.82, 2.24) is 14.9 Å². The zero-order valence-corrected chi connectivity index (χ0v) is 15.5. The van der Waals surface area contributed by atoms with Crippen molar-refractivity contribution in [3.63, 3.8) is 0 Å². The third-order valence-electron chi connectivity index (χ3n) is 4.36. The van der Waals surface area contributed by atoms with Crippen LogP contribution < -0.4 is 16.3 Å². The molecule has 1 aromatic heterocycles. The summed E-state index contributed by atoms with van der Waals surface area (Å²) in [6.07, 6.45) is 8.48. The fourth-order valence-electron chi connectivity index (χ4n) is 3.07. The fourth-order valence-corrected chi connectivity index (χ4v) is 4.29. The van der Waals surface area contributed by atoms with Gasteiger partial charge < -0.3 is 10.6 Å². The van der Waals surface area contributed by atoms with Crippen molar-refractivity contribution in [2.24, 2.45) is 0 Å². The molecule has 3 rings (SSSR count). The number of carbonyl (C=O) groups excluding carboxylic acids is 1. The Morgan fingerprint density at radius 3 is 2.92 bits per heavy atom. The van der Waals surface area contributed by atoms with Gasteiger partial charge in [0.2, 0.25) is 0 Å². The minimum atomic E-state index is -0.289. The highest BCUT2D eigenvalue weighted by Gasteiger charge is 2.14. The summed E-state index contributed by atoms with van der Waals surface area (Å²) in [6.45, 7) is 1.08. The number of carbonyl (C=O) groups is 1. The van der Waals surface area contributed by atoms with Crippen molar-refractivity contribution < 1.29 is 4.79 Å². The average Bonchev–Trinajstić information content (AvgIpc) is 3.15. The summed E-state index contributed by atoms with van der Waals surface area (Å²) in [7, 11) is 0. The summed E-state index contributed by atoms with van der Waals surface area (Å²) >= 11 is 1.96. The topological polar surface area (TPSA) is 76.0 Å². The monoisotopic (exact) mass is 372 g/mol. The van der Waals surface area contributed by atoms with Crippen LogP contribution in [0.5, 0.6) is 0 Å². The van der Waals surface area contributed by atoms with Gasteiger partial charge in [0.15, 0.2) is 0 Å². The van der Waals surface area contributed by atoms with E-state index in [9.17, 15) is 9.59 Å². The molecule has 0 bridgehead atoms. The van der Waals surface area contributed by atoms with E-state index in [1.165, 1.54) is 36.4 Å². The molecule has 6 nitrogen and oxygen atoms in total. The molecule has 1 aromatic carbocycles. The molecule has 0 aliphatic heterocycles. The third-order valence-corrected chi connectivity index (χ3v) is 5.75. The van der Waals surface area contributed by atoms with Crippen LogP contribution in [-0.2, 0) is 6.54 Å². The first-order chi connectivity index (χ1) is 12.7. The number of anilines is 1. The van der Waals surface area contributed by atoms with Crippen molar-refractivity contribution in [2.75, 3.05) is 17.6 Å². The number of urea groups is 1. The molecule has 1 fully saturated rings. The maximum absolute atomic E-state index is 12.0. The summed E-state index contributed by atoms with van der Waals surface area (Å²) in [6, 6.07) is 9.01. The van der Waals surface area contributed by atoms with Crippen LogP contribution in [0.15, 0.2) is 47.5 Å². The molecular weight excluding hydrogens is 348 g/mol. The van der Waals surface area contributed by atoms with E-state index >= 15 is 0 Å². The number of aromatic nitrogens is 2. The Balaban J connectivity index is 1.46. The predicted octanol–water partition coefficient (Wildman–Crippen LogP) is 3.09. The van der Waals surface area contributed by atoms with E-state index in [1.807, 2.05) is 36.0 Å². The maximum Gasteiger partial charge on any atom is 0.347 e. The van der Waals surface area contributed by atoms with Crippen LogP contribution in [0.1, 0.15) is 31.2 Å². The van der Waals surface area contributed by atoms with Crippen LogP contribution in [-0.4, -0.2) is 33.1 Å². The van der Waals surface area contributed by atoms with Crippen LogP contribution in [0.25, 0.3) is 0 Å². The lowest BCUT2D eigenvalue weighted by Gasteiger charge is -2.11. The molecule has 2 aromatic rings. The number of nitrogens with one attached hydrogen (secondary N) is 2. The molecule has 0 spiro atoms. The Morgan fingerprint density at radius 1 is 1.27 bits per heavy atom. The molecule has 1 aliphatic carbocycles. The number of amides is 2. The number of benzene rings is 1. The largest absolute Gasteiger partial charge is 0.347 e. The molecule has 1 heterocycles. The molecule has 1 saturated carbocycles. The van der Waals surface area contributed by atoms with Gasteiger partial charge in [0.25, 0.3) is 0 Å². The van der Waals surface area contributed by atoms with Gasteiger partial charge in [-0.15, -0.1) is 0 Å². The van der Waals surface area contributed by atoms with E-state index < -0.39 is 0 Å². The second-order valence-electron chi connectivity index (χ2n) is 6.39. The van der Waals surface area contributed by atoms with Crippen molar-refractivity contribution in [2.45, 2.75) is 37.5 Å². The number of nitrogens with zero attached hydrogens (tertiary/aromatic N) is 2. The quantitative estimate of drug-likeness (QED) is 0.733.